The molecule has 0 fully saturated rings. The molecule has 0 aromatic heterocycles. The van der Waals surface area contributed by atoms with Crippen LogP contribution < -0.4 is 0 Å². The molecule has 2 aliphatic rings. The van der Waals surface area contributed by atoms with Crippen molar-refractivity contribution in [3.8, 4) is 0 Å². The molecule has 0 spiro atoms. The highest BCUT2D eigenvalue weighted by Crippen LogP contribution is 2.22. The summed E-state index contributed by atoms with van der Waals surface area (Å²) in [6, 6.07) is 0. The van der Waals surface area contributed by atoms with Crippen LogP contribution in [0.25, 0.3) is 0 Å². The quantitative estimate of drug-likeness (QED) is 0.478. The van der Waals surface area contributed by atoms with Gasteiger partial charge in [-0.15, -0.1) is 0 Å². The minimum Gasteiger partial charge on any atom is -0.260 e. The predicted molar refractivity (Wildman–Crippen MR) is 43.0 cm³/mol. The van der Waals surface area contributed by atoms with E-state index in [-0.39, 0.29) is 0 Å². The van der Waals surface area contributed by atoms with Gasteiger partial charge in [-0.05, 0) is 12.5 Å². The van der Waals surface area contributed by atoms with E-state index in [2.05, 4.69) is 30.1 Å². The van der Waals surface area contributed by atoms with Gasteiger partial charge < -0.3 is 0 Å². The molecule has 0 aromatic carbocycles. The highest BCUT2D eigenvalue weighted by atomic mass is 14.7. The van der Waals surface area contributed by atoms with Crippen LogP contribution in [0, 0.1) is 0 Å². The summed E-state index contributed by atoms with van der Waals surface area (Å²) in [5, 5.41) is 0. The van der Waals surface area contributed by atoms with Crippen LogP contribution in [0.15, 0.2) is 40.6 Å². The van der Waals surface area contributed by atoms with E-state index in [1.54, 1.807) is 0 Å². The summed E-state index contributed by atoms with van der Waals surface area (Å²) in [4.78, 5) is 4.27. The van der Waals surface area contributed by atoms with E-state index in [0.717, 1.165) is 6.42 Å². The first-order valence-electron chi connectivity index (χ1n) is 3.49. The van der Waals surface area contributed by atoms with Crippen LogP contribution in [0.3, 0.4) is 0 Å². The van der Waals surface area contributed by atoms with Crippen LogP contribution in [0.2, 0.25) is 0 Å². The molecule has 0 unspecified atom stereocenters. The Balaban J connectivity index is 2.46. The Labute approximate surface area is 60.5 Å². The molecule has 0 radical (unpaired) electrons. The number of nitrogens with zero attached hydrogens (tertiary/aromatic N) is 1. The summed E-state index contributed by atoms with van der Waals surface area (Å²) in [7, 11) is 0. The van der Waals surface area contributed by atoms with Crippen molar-refractivity contribution in [2.45, 2.75) is 13.3 Å². The number of rotatable bonds is 0. The third-order valence-corrected chi connectivity index (χ3v) is 1.86. The monoisotopic (exact) mass is 131 g/mol. The summed E-state index contributed by atoms with van der Waals surface area (Å²) >= 11 is 0. The maximum atomic E-state index is 4.27. The van der Waals surface area contributed by atoms with E-state index in [1.165, 1.54) is 16.9 Å². The van der Waals surface area contributed by atoms with Crippen LogP contribution in [-0.4, -0.2) is 5.71 Å². The molecular weight excluding hydrogens is 122 g/mol. The summed E-state index contributed by atoms with van der Waals surface area (Å²) in [6.07, 6.45) is 9.29. The molecule has 2 rings (SSSR count). The Morgan fingerprint density at radius 1 is 1.50 bits per heavy atom. The third-order valence-electron chi connectivity index (χ3n) is 1.86. The largest absolute Gasteiger partial charge is 0.260 e. The van der Waals surface area contributed by atoms with Crippen LogP contribution >= 0.6 is 0 Å². The topological polar surface area (TPSA) is 12.4 Å². The molecular formula is C9H9N. The fraction of sp³-hybridized carbons (Fsp3) is 0.222. The second-order valence-corrected chi connectivity index (χ2v) is 2.60. The summed E-state index contributed by atoms with van der Waals surface area (Å²) in [5.41, 5.74) is 3.84. The first kappa shape index (κ1) is 5.66. The maximum Gasteiger partial charge on any atom is 0.0516 e. The van der Waals surface area contributed by atoms with E-state index in [9.17, 15) is 0 Å². The highest BCUT2D eigenvalue weighted by Gasteiger charge is 2.13. The van der Waals surface area contributed by atoms with E-state index >= 15 is 0 Å². The van der Waals surface area contributed by atoms with Crippen LogP contribution in [0.4, 0.5) is 0 Å². The molecule has 1 aliphatic carbocycles. The Morgan fingerprint density at radius 2 is 2.40 bits per heavy atom. The highest BCUT2D eigenvalue weighted by molar-refractivity contribution is 6.07. The van der Waals surface area contributed by atoms with Crippen molar-refractivity contribution in [2.75, 3.05) is 0 Å². The van der Waals surface area contributed by atoms with E-state index in [0.29, 0.717) is 0 Å². The zero-order valence-corrected chi connectivity index (χ0v) is 5.96. The van der Waals surface area contributed by atoms with Crippen molar-refractivity contribution in [3.63, 3.8) is 0 Å². The average Bonchev–Trinajstić information content (AvgIpc) is 2.34. The lowest BCUT2D eigenvalue weighted by molar-refractivity contribution is 1.39. The van der Waals surface area contributed by atoms with Gasteiger partial charge in [0.05, 0.1) is 5.71 Å². The van der Waals surface area contributed by atoms with Crippen LogP contribution in [0.1, 0.15) is 13.3 Å². The number of allylic oxidation sites excluding steroid dienone is 5. The second kappa shape index (κ2) is 1.94. The van der Waals surface area contributed by atoms with Crippen molar-refractivity contribution in [3.05, 3.63) is 35.6 Å². The Bertz CT molecular complexity index is 277. The molecule has 1 heterocycles. The molecule has 0 saturated carbocycles. The van der Waals surface area contributed by atoms with Gasteiger partial charge in [-0.2, -0.15) is 0 Å². The number of fused-ring (bicyclic) bond motifs is 1. The van der Waals surface area contributed by atoms with Crippen LogP contribution in [0.5, 0.6) is 0 Å². The first-order chi connectivity index (χ1) is 4.88. The minimum absolute atomic E-state index is 1.000. The smallest absolute Gasteiger partial charge is 0.0516 e. The molecule has 0 saturated heterocycles. The molecule has 0 aromatic rings. The Kier molecular flexibility index (Phi) is 1.10. The summed E-state index contributed by atoms with van der Waals surface area (Å²) < 4.78 is 0. The number of hydrogen-bond donors (Lipinski definition) is 0. The third kappa shape index (κ3) is 0.670. The normalized spacial score (nSPS) is 21.5. The lowest BCUT2D eigenvalue weighted by Crippen LogP contribution is -2.00. The van der Waals surface area contributed by atoms with Crippen molar-refractivity contribution >= 4 is 5.71 Å². The minimum atomic E-state index is 1.000. The maximum absolute atomic E-state index is 4.27. The molecule has 1 nitrogen and oxygen atoms in total. The fourth-order valence-corrected chi connectivity index (χ4v) is 1.28. The molecule has 0 atom stereocenters. The standard InChI is InChI=1S/C9H9N/c1-7-6-10-9-5-3-2-4-8(7)9/h2-4,6H,5H2,1H3. The van der Waals surface area contributed by atoms with Crippen molar-refractivity contribution in [1.82, 2.24) is 0 Å². The fourth-order valence-electron chi connectivity index (χ4n) is 1.28. The molecule has 50 valence electrons. The van der Waals surface area contributed by atoms with Crippen molar-refractivity contribution in [2.24, 2.45) is 4.99 Å². The molecule has 1 heteroatoms. The molecule has 1 aliphatic heterocycles. The van der Waals surface area contributed by atoms with Gasteiger partial charge in [0.15, 0.2) is 0 Å². The lowest BCUT2D eigenvalue weighted by atomic mass is 9.99. The van der Waals surface area contributed by atoms with Gasteiger partial charge in [0.1, 0.15) is 0 Å². The Hall–Kier alpha value is -1.11. The van der Waals surface area contributed by atoms with Gasteiger partial charge in [0, 0.05) is 18.2 Å². The zero-order valence-electron chi connectivity index (χ0n) is 5.96. The van der Waals surface area contributed by atoms with E-state index in [1.807, 2.05) is 6.20 Å². The Morgan fingerprint density at radius 3 is 3.20 bits per heavy atom. The van der Waals surface area contributed by atoms with Crippen LogP contribution in [-0.2, 0) is 0 Å². The van der Waals surface area contributed by atoms with Gasteiger partial charge in [0.2, 0.25) is 0 Å². The average molecular weight is 131 g/mol. The van der Waals surface area contributed by atoms with Gasteiger partial charge in [-0.1, -0.05) is 18.2 Å². The molecule has 10 heavy (non-hydrogen) atoms. The predicted octanol–water partition coefficient (Wildman–Crippen LogP) is 2.23. The first-order valence-corrected chi connectivity index (χ1v) is 3.49. The molecule has 0 N–H and O–H groups in total. The molecule has 0 bridgehead atoms. The van der Waals surface area contributed by atoms with Crippen molar-refractivity contribution < 1.29 is 0 Å². The second-order valence-electron chi connectivity index (χ2n) is 2.60. The van der Waals surface area contributed by atoms with E-state index < -0.39 is 0 Å². The van der Waals surface area contributed by atoms with Crippen molar-refractivity contribution in [1.29, 1.82) is 0 Å². The zero-order chi connectivity index (χ0) is 6.97. The van der Waals surface area contributed by atoms with Gasteiger partial charge in [-0.25, -0.2) is 0 Å². The number of aliphatic imine (C=N–C) groups is 1. The molecule has 0 amide bonds. The SMILES string of the molecule is CC1=CN=C2CC=CC=C12. The summed E-state index contributed by atoms with van der Waals surface area (Å²) in [5.74, 6) is 0. The number of hydrogen-bond acceptors (Lipinski definition) is 1. The summed E-state index contributed by atoms with van der Waals surface area (Å²) in [6.45, 7) is 2.10. The van der Waals surface area contributed by atoms with Gasteiger partial charge in [-0.3, -0.25) is 4.99 Å². The van der Waals surface area contributed by atoms with Gasteiger partial charge in [0.25, 0.3) is 0 Å². The van der Waals surface area contributed by atoms with E-state index in [4.69, 9.17) is 0 Å². The lowest BCUT2D eigenvalue weighted by Gasteiger charge is -2.04. The van der Waals surface area contributed by atoms with Gasteiger partial charge >= 0.3 is 0 Å².